The number of carbonyl (C=O) groups excluding carboxylic acids is 2. The fraction of sp³-hybridized carbons (Fsp3) is 0.571. The van der Waals surface area contributed by atoms with Crippen molar-refractivity contribution in [1.29, 1.82) is 0 Å². The van der Waals surface area contributed by atoms with Crippen LogP contribution in [0.5, 0.6) is 5.75 Å². The molecule has 0 saturated carbocycles. The van der Waals surface area contributed by atoms with Gasteiger partial charge in [0.2, 0.25) is 0 Å². The summed E-state index contributed by atoms with van der Waals surface area (Å²) in [6, 6.07) is 4.99. The molecule has 2 bridgehead atoms. The van der Waals surface area contributed by atoms with Gasteiger partial charge in [-0.3, -0.25) is 4.79 Å². The topological polar surface area (TPSA) is 140 Å². The smallest absolute Gasteiger partial charge is 0.405 e. The first-order chi connectivity index (χ1) is 17.5. The van der Waals surface area contributed by atoms with Crippen LogP contribution < -0.4 is 11.1 Å². The monoisotopic (exact) mass is 518 g/mol. The molecule has 0 fully saturated rings. The predicted octanol–water partition coefficient (Wildman–Crippen LogP) is 4.08. The second-order valence-corrected chi connectivity index (χ2v) is 9.97. The van der Waals surface area contributed by atoms with Gasteiger partial charge in [-0.1, -0.05) is 26.0 Å². The minimum absolute atomic E-state index is 0.0567. The molecule has 5 N–H and O–H groups in total. The highest BCUT2D eigenvalue weighted by Gasteiger charge is 2.30. The maximum Gasteiger partial charge on any atom is 0.405 e. The number of aliphatic hydroxyl groups is 1. The van der Waals surface area contributed by atoms with Crippen LogP contribution in [0.1, 0.15) is 52.5 Å². The second-order valence-electron chi connectivity index (χ2n) is 9.97. The number of phenolic OH excluding ortho intramolecular Hbond substituents is 1. The van der Waals surface area contributed by atoms with E-state index < -0.39 is 30.5 Å². The fourth-order valence-electron chi connectivity index (χ4n) is 4.77. The van der Waals surface area contributed by atoms with E-state index in [-0.39, 0.29) is 23.5 Å². The van der Waals surface area contributed by atoms with Gasteiger partial charge in [-0.05, 0) is 74.8 Å². The van der Waals surface area contributed by atoms with Crippen molar-refractivity contribution in [2.75, 3.05) is 19.5 Å². The van der Waals surface area contributed by atoms with Gasteiger partial charge in [0, 0.05) is 31.4 Å². The molecule has 2 rings (SSSR count). The Hall–Kier alpha value is -2.88. The van der Waals surface area contributed by atoms with E-state index in [9.17, 15) is 19.8 Å². The number of phenols is 1. The minimum Gasteiger partial charge on any atom is -0.508 e. The fourth-order valence-corrected chi connectivity index (χ4v) is 4.77. The number of rotatable bonds is 3. The molecule has 6 atom stereocenters. The number of carbonyl (C=O) groups is 2. The number of amides is 2. The number of methoxy groups -OCH3 is 2. The lowest BCUT2D eigenvalue weighted by atomic mass is 9.88. The zero-order chi connectivity index (χ0) is 27.7. The molecule has 1 aromatic carbocycles. The van der Waals surface area contributed by atoms with Crippen LogP contribution >= 0.6 is 0 Å². The second kappa shape index (κ2) is 14.2. The Morgan fingerprint density at radius 2 is 1.81 bits per heavy atom. The molecule has 0 spiro atoms. The molecule has 1 aromatic rings. The molecule has 0 saturated heterocycles. The number of hydrogen-bond donors (Lipinski definition) is 4. The van der Waals surface area contributed by atoms with E-state index in [0.717, 1.165) is 0 Å². The predicted molar refractivity (Wildman–Crippen MR) is 142 cm³/mol. The molecule has 2 amide bonds. The number of primary amides is 1. The molecule has 37 heavy (non-hydrogen) atoms. The molecule has 1 aliphatic heterocycles. The van der Waals surface area contributed by atoms with E-state index in [1.165, 1.54) is 7.11 Å². The van der Waals surface area contributed by atoms with Gasteiger partial charge in [0.15, 0.2) is 6.10 Å². The van der Waals surface area contributed by atoms with Crippen LogP contribution in [0, 0.1) is 11.8 Å². The van der Waals surface area contributed by atoms with Gasteiger partial charge in [0.1, 0.15) is 5.75 Å². The summed E-state index contributed by atoms with van der Waals surface area (Å²) in [6.07, 6.45) is 2.17. The molecule has 1 aliphatic rings. The Bertz CT molecular complexity index is 991. The number of nitrogens with one attached hydrogen (secondary N) is 1. The standard InChI is InChI=1S/C28H42N2O7/c1-16-12-20-15-21(10-11-22(20)31)30-27(33)17(2)8-7-9-23(35-5)26(37-28(29)34)19(4)14-18(3)25(32)24(13-16)36-6/h8,10-11,14-16,18,23-26,31-32H,7,9,12-13H2,1-6H3,(H2,29,34)(H,30,33)/b17-8+,19-14-. The summed E-state index contributed by atoms with van der Waals surface area (Å²) in [6.45, 7) is 7.42. The Kier molecular flexibility index (Phi) is 11.6. The Morgan fingerprint density at radius 3 is 2.43 bits per heavy atom. The lowest BCUT2D eigenvalue weighted by molar-refractivity contribution is -0.112. The Morgan fingerprint density at radius 1 is 1.14 bits per heavy atom. The van der Waals surface area contributed by atoms with E-state index in [1.54, 1.807) is 45.2 Å². The summed E-state index contributed by atoms with van der Waals surface area (Å²) in [5, 5.41) is 24.4. The number of aliphatic hydroxyl groups excluding tert-OH is 1. The first-order valence-electron chi connectivity index (χ1n) is 12.6. The molecule has 0 aliphatic carbocycles. The van der Waals surface area contributed by atoms with Crippen LogP contribution in [0.25, 0.3) is 0 Å². The van der Waals surface area contributed by atoms with Crippen molar-refractivity contribution in [1.82, 2.24) is 0 Å². The van der Waals surface area contributed by atoms with Crippen molar-refractivity contribution < 1.29 is 34.0 Å². The number of hydrogen-bond acceptors (Lipinski definition) is 7. The zero-order valence-electron chi connectivity index (χ0n) is 22.7. The molecule has 1 heterocycles. The molecular weight excluding hydrogens is 476 g/mol. The first-order valence-corrected chi connectivity index (χ1v) is 12.6. The first kappa shape index (κ1) is 30.3. The number of ether oxygens (including phenoxy) is 3. The van der Waals surface area contributed by atoms with Crippen molar-refractivity contribution in [3.8, 4) is 5.75 Å². The number of allylic oxidation sites excluding steroid dienone is 1. The molecular formula is C28H42N2O7. The summed E-state index contributed by atoms with van der Waals surface area (Å²) in [4.78, 5) is 24.4. The summed E-state index contributed by atoms with van der Waals surface area (Å²) in [5.74, 6) is -0.373. The summed E-state index contributed by atoms with van der Waals surface area (Å²) in [5.41, 5.74) is 7.85. The number of benzene rings is 1. The van der Waals surface area contributed by atoms with Crippen LogP contribution in [-0.4, -0.2) is 60.8 Å². The third kappa shape index (κ3) is 8.87. The van der Waals surface area contributed by atoms with Gasteiger partial charge >= 0.3 is 6.09 Å². The molecule has 206 valence electrons. The third-order valence-electron chi connectivity index (χ3n) is 6.88. The van der Waals surface area contributed by atoms with Crippen LogP contribution in [-0.2, 0) is 25.4 Å². The Balaban J connectivity index is 2.47. The van der Waals surface area contributed by atoms with Crippen molar-refractivity contribution in [3.63, 3.8) is 0 Å². The molecule has 6 unspecified atom stereocenters. The van der Waals surface area contributed by atoms with E-state index >= 15 is 0 Å². The average Bonchev–Trinajstić information content (AvgIpc) is 2.84. The molecule has 0 aromatic heterocycles. The van der Waals surface area contributed by atoms with Gasteiger partial charge in [-0.25, -0.2) is 4.79 Å². The largest absolute Gasteiger partial charge is 0.508 e. The lowest BCUT2D eigenvalue weighted by Gasteiger charge is -2.30. The maximum atomic E-state index is 12.8. The van der Waals surface area contributed by atoms with Crippen molar-refractivity contribution in [3.05, 3.63) is 47.1 Å². The minimum atomic E-state index is -0.925. The van der Waals surface area contributed by atoms with Crippen LogP contribution in [0.4, 0.5) is 10.5 Å². The maximum absolute atomic E-state index is 12.8. The SMILES string of the molecule is COC1CC/C=C(\C)C(=O)Nc2ccc(O)c(c2)CC(C)CC(OC)C(O)C(C)/C=C(/C)C1OC(N)=O. The van der Waals surface area contributed by atoms with Crippen LogP contribution in [0.3, 0.4) is 0 Å². The number of nitrogens with two attached hydrogens (primary N) is 1. The highest BCUT2D eigenvalue weighted by atomic mass is 16.6. The normalized spacial score (nSPS) is 31.4. The quantitative estimate of drug-likeness (QED) is 0.349. The highest BCUT2D eigenvalue weighted by molar-refractivity contribution is 6.03. The zero-order valence-corrected chi connectivity index (χ0v) is 22.7. The van der Waals surface area contributed by atoms with Crippen LogP contribution in [0.2, 0.25) is 0 Å². The van der Waals surface area contributed by atoms with Gasteiger partial charge in [-0.2, -0.15) is 0 Å². The van der Waals surface area contributed by atoms with E-state index in [0.29, 0.717) is 48.1 Å². The van der Waals surface area contributed by atoms with Crippen molar-refractivity contribution in [2.24, 2.45) is 17.6 Å². The highest BCUT2D eigenvalue weighted by Crippen LogP contribution is 2.29. The lowest BCUT2D eigenvalue weighted by Crippen LogP contribution is -2.37. The van der Waals surface area contributed by atoms with Gasteiger partial charge in [0.25, 0.3) is 5.91 Å². The van der Waals surface area contributed by atoms with Gasteiger partial charge in [0.05, 0.1) is 18.3 Å². The third-order valence-corrected chi connectivity index (χ3v) is 6.88. The summed E-state index contributed by atoms with van der Waals surface area (Å²) >= 11 is 0. The van der Waals surface area contributed by atoms with E-state index in [2.05, 4.69) is 5.32 Å². The van der Waals surface area contributed by atoms with Crippen molar-refractivity contribution >= 4 is 17.7 Å². The molecule has 0 radical (unpaired) electrons. The van der Waals surface area contributed by atoms with E-state index in [1.807, 2.05) is 19.9 Å². The Labute approximate surface area is 219 Å². The number of fused-ring (bicyclic) bond motifs is 2. The van der Waals surface area contributed by atoms with E-state index in [4.69, 9.17) is 19.9 Å². The summed E-state index contributed by atoms with van der Waals surface area (Å²) < 4.78 is 16.7. The molecule has 9 nitrogen and oxygen atoms in total. The summed E-state index contributed by atoms with van der Waals surface area (Å²) in [7, 11) is 3.08. The number of anilines is 1. The number of aromatic hydroxyl groups is 1. The molecule has 9 heteroatoms. The van der Waals surface area contributed by atoms with Gasteiger partial charge < -0.3 is 35.5 Å². The van der Waals surface area contributed by atoms with Crippen molar-refractivity contribution in [2.45, 2.75) is 77.8 Å². The van der Waals surface area contributed by atoms with Gasteiger partial charge in [-0.15, -0.1) is 0 Å². The van der Waals surface area contributed by atoms with Crippen LogP contribution in [0.15, 0.2) is 41.5 Å². The average molecular weight is 519 g/mol.